The number of nitrogens with zero attached hydrogens (tertiary/aromatic N) is 2. The Balaban J connectivity index is 2.77. The van der Waals surface area contributed by atoms with Crippen molar-refractivity contribution in [1.29, 1.82) is 0 Å². The van der Waals surface area contributed by atoms with Crippen molar-refractivity contribution in [3.05, 3.63) is 18.0 Å². The average Bonchev–Trinajstić information content (AvgIpc) is 2.74. The highest BCUT2D eigenvalue weighted by Crippen LogP contribution is 2.22. The first-order chi connectivity index (χ1) is 8.38. The minimum atomic E-state index is -1.02. The van der Waals surface area contributed by atoms with Crippen LogP contribution in [0, 0.1) is 5.41 Å². The van der Waals surface area contributed by atoms with Crippen molar-refractivity contribution in [2.24, 2.45) is 5.41 Å². The summed E-state index contributed by atoms with van der Waals surface area (Å²) in [4.78, 5) is 12.2. The molecular weight excluding hydrogens is 232 g/mol. The fourth-order valence-electron chi connectivity index (χ4n) is 1.61. The Bertz CT molecular complexity index is 393. The molecule has 0 fully saturated rings. The van der Waals surface area contributed by atoms with Crippen LogP contribution in [0.25, 0.3) is 0 Å². The van der Waals surface area contributed by atoms with Crippen LogP contribution in [-0.2, 0) is 11.3 Å². The first kappa shape index (κ1) is 14.9. The number of hydrogen-bond donors (Lipinski definition) is 1. The van der Waals surface area contributed by atoms with E-state index in [1.165, 1.54) is 0 Å². The van der Waals surface area contributed by atoms with Gasteiger partial charge in [-0.2, -0.15) is 5.10 Å². The van der Waals surface area contributed by atoms with Crippen molar-refractivity contribution in [1.82, 2.24) is 9.78 Å². The summed E-state index contributed by atoms with van der Waals surface area (Å²) in [7, 11) is 1.64. The minimum absolute atomic E-state index is 0.280. The molecule has 1 unspecified atom stereocenters. The van der Waals surface area contributed by atoms with Gasteiger partial charge in [-0.3, -0.25) is 9.48 Å². The highest BCUT2D eigenvalue weighted by atomic mass is 16.5. The third-order valence-corrected chi connectivity index (χ3v) is 2.76. The summed E-state index contributed by atoms with van der Waals surface area (Å²) in [5, 5.41) is 14.1. The van der Waals surface area contributed by atoms with Gasteiger partial charge in [0.25, 0.3) is 0 Å². The summed E-state index contributed by atoms with van der Waals surface area (Å²) in [6, 6.07) is 1.64. The zero-order valence-electron chi connectivity index (χ0n) is 11.5. The molecule has 18 heavy (non-hydrogen) atoms. The smallest absolute Gasteiger partial charge is 0.209 e. The molecule has 0 aliphatic rings. The van der Waals surface area contributed by atoms with Crippen LogP contribution in [-0.4, -0.2) is 40.5 Å². The van der Waals surface area contributed by atoms with Crippen molar-refractivity contribution in [3.8, 4) is 0 Å². The molecule has 5 heteroatoms. The van der Waals surface area contributed by atoms with E-state index < -0.39 is 11.5 Å². The number of rotatable bonds is 6. The molecule has 1 heterocycles. The average molecular weight is 254 g/mol. The molecule has 1 rings (SSSR count). The Morgan fingerprint density at radius 3 is 2.78 bits per heavy atom. The number of ether oxygens (including phenoxy) is 1. The summed E-state index contributed by atoms with van der Waals surface area (Å²) in [6.45, 7) is 6.73. The number of carbonyl (C=O) groups is 1. The van der Waals surface area contributed by atoms with E-state index in [9.17, 15) is 9.90 Å². The minimum Gasteiger partial charge on any atom is -0.385 e. The van der Waals surface area contributed by atoms with Gasteiger partial charge < -0.3 is 9.84 Å². The summed E-state index contributed by atoms with van der Waals surface area (Å²) in [6.07, 6.45) is 1.34. The Hall–Kier alpha value is -1.20. The van der Waals surface area contributed by atoms with Gasteiger partial charge in [0.15, 0.2) is 0 Å². The second-order valence-corrected chi connectivity index (χ2v) is 5.42. The van der Waals surface area contributed by atoms with Gasteiger partial charge in [0.2, 0.25) is 5.78 Å². The summed E-state index contributed by atoms with van der Waals surface area (Å²) in [5.41, 5.74) is -0.0212. The number of methoxy groups -OCH3 is 1. The first-order valence-corrected chi connectivity index (χ1v) is 6.11. The van der Waals surface area contributed by atoms with Crippen LogP contribution in [0.15, 0.2) is 12.3 Å². The molecule has 0 spiro atoms. The predicted molar refractivity (Wildman–Crippen MR) is 68.5 cm³/mol. The van der Waals surface area contributed by atoms with Gasteiger partial charge in [0.1, 0.15) is 11.8 Å². The molecule has 0 saturated carbocycles. The predicted octanol–water partition coefficient (Wildman–Crippen LogP) is 1.51. The number of ketones is 1. The maximum atomic E-state index is 12.2. The second kappa shape index (κ2) is 6.11. The molecule has 0 bridgehead atoms. The highest BCUT2D eigenvalue weighted by molar-refractivity contribution is 5.98. The van der Waals surface area contributed by atoms with E-state index in [0.717, 1.165) is 6.42 Å². The molecule has 5 nitrogen and oxygen atoms in total. The van der Waals surface area contributed by atoms with Crippen LogP contribution in [0.3, 0.4) is 0 Å². The van der Waals surface area contributed by atoms with Crippen molar-refractivity contribution >= 4 is 5.78 Å². The lowest BCUT2D eigenvalue weighted by molar-refractivity contribution is 0.0431. The van der Waals surface area contributed by atoms with Crippen LogP contribution < -0.4 is 0 Å². The normalized spacial score (nSPS) is 13.6. The SMILES string of the molecule is COCCCn1nccc1C(=O)C(O)C(C)(C)C. The van der Waals surface area contributed by atoms with E-state index in [1.54, 1.807) is 24.1 Å². The fraction of sp³-hybridized carbons (Fsp3) is 0.692. The number of carbonyl (C=O) groups excluding carboxylic acids is 1. The molecule has 0 aromatic carbocycles. The lowest BCUT2D eigenvalue weighted by Gasteiger charge is -2.24. The van der Waals surface area contributed by atoms with E-state index >= 15 is 0 Å². The Kier molecular flexibility index (Phi) is 5.04. The number of aromatic nitrogens is 2. The molecule has 102 valence electrons. The Labute approximate surface area is 108 Å². The van der Waals surface area contributed by atoms with Crippen molar-refractivity contribution in [2.45, 2.75) is 39.8 Å². The van der Waals surface area contributed by atoms with E-state index in [1.807, 2.05) is 20.8 Å². The maximum Gasteiger partial charge on any atom is 0.209 e. The maximum absolute atomic E-state index is 12.2. The lowest BCUT2D eigenvalue weighted by atomic mass is 9.86. The fourth-order valence-corrected chi connectivity index (χ4v) is 1.61. The van der Waals surface area contributed by atoms with E-state index in [0.29, 0.717) is 18.8 Å². The largest absolute Gasteiger partial charge is 0.385 e. The zero-order chi connectivity index (χ0) is 13.8. The van der Waals surface area contributed by atoms with Gasteiger partial charge in [-0.25, -0.2) is 0 Å². The summed E-state index contributed by atoms with van der Waals surface area (Å²) < 4.78 is 6.59. The molecule has 0 amide bonds. The second-order valence-electron chi connectivity index (χ2n) is 5.42. The number of aliphatic hydroxyl groups is 1. The monoisotopic (exact) mass is 254 g/mol. The lowest BCUT2D eigenvalue weighted by Crippen LogP contribution is -2.35. The number of Topliss-reactive ketones (excluding diaryl/α,β-unsaturated/α-hetero) is 1. The van der Waals surface area contributed by atoms with Gasteiger partial charge >= 0.3 is 0 Å². The van der Waals surface area contributed by atoms with E-state index in [4.69, 9.17) is 4.74 Å². The van der Waals surface area contributed by atoms with Crippen LogP contribution in [0.2, 0.25) is 0 Å². The van der Waals surface area contributed by atoms with Gasteiger partial charge in [0.05, 0.1) is 0 Å². The molecule has 0 saturated heterocycles. The zero-order valence-corrected chi connectivity index (χ0v) is 11.5. The summed E-state index contributed by atoms with van der Waals surface area (Å²) >= 11 is 0. The molecule has 1 N–H and O–H groups in total. The Morgan fingerprint density at radius 1 is 1.56 bits per heavy atom. The van der Waals surface area contributed by atoms with E-state index in [-0.39, 0.29) is 5.78 Å². The highest BCUT2D eigenvalue weighted by Gasteiger charge is 2.31. The first-order valence-electron chi connectivity index (χ1n) is 6.11. The summed E-state index contributed by atoms with van der Waals surface area (Å²) in [5.74, 6) is -0.280. The van der Waals surface area contributed by atoms with Gasteiger partial charge in [-0.05, 0) is 17.9 Å². The molecule has 1 aromatic heterocycles. The number of hydrogen-bond acceptors (Lipinski definition) is 4. The Morgan fingerprint density at radius 2 is 2.22 bits per heavy atom. The van der Waals surface area contributed by atoms with Gasteiger partial charge in [-0.15, -0.1) is 0 Å². The number of aliphatic hydroxyl groups excluding tert-OH is 1. The van der Waals surface area contributed by atoms with Crippen molar-refractivity contribution in [3.63, 3.8) is 0 Å². The van der Waals surface area contributed by atoms with Crippen molar-refractivity contribution in [2.75, 3.05) is 13.7 Å². The standard InChI is InChI=1S/C13H22N2O3/c1-13(2,3)12(17)11(16)10-6-7-14-15(10)8-5-9-18-4/h6-7,12,17H,5,8-9H2,1-4H3. The third-order valence-electron chi connectivity index (χ3n) is 2.76. The number of aryl methyl sites for hydroxylation is 1. The quantitative estimate of drug-likeness (QED) is 0.617. The van der Waals surface area contributed by atoms with Crippen LogP contribution in [0.5, 0.6) is 0 Å². The molecule has 0 aliphatic carbocycles. The molecule has 1 aromatic rings. The van der Waals surface area contributed by atoms with Crippen LogP contribution in [0.1, 0.15) is 37.7 Å². The third kappa shape index (κ3) is 3.65. The van der Waals surface area contributed by atoms with Crippen LogP contribution >= 0.6 is 0 Å². The molecule has 0 aliphatic heterocycles. The van der Waals surface area contributed by atoms with Gasteiger partial charge in [0, 0.05) is 26.5 Å². The van der Waals surface area contributed by atoms with Crippen LogP contribution in [0.4, 0.5) is 0 Å². The molecule has 1 atom stereocenters. The molecule has 0 radical (unpaired) electrons. The topological polar surface area (TPSA) is 64.4 Å². The van der Waals surface area contributed by atoms with Crippen molar-refractivity contribution < 1.29 is 14.6 Å². The van der Waals surface area contributed by atoms with E-state index in [2.05, 4.69) is 5.10 Å². The molecular formula is C13H22N2O3. The van der Waals surface area contributed by atoms with Gasteiger partial charge in [-0.1, -0.05) is 20.8 Å².